The molecule has 0 aliphatic carbocycles. The number of pyridine rings is 1. The number of halogens is 1. The molecule has 1 N–H and O–H groups in total. The number of nitrogens with one attached hydrogen (secondary N) is 1. The van der Waals surface area contributed by atoms with Gasteiger partial charge in [-0.25, -0.2) is 13.9 Å². The maximum absolute atomic E-state index is 13.2. The van der Waals surface area contributed by atoms with Gasteiger partial charge in [-0.05, 0) is 19.2 Å². The predicted octanol–water partition coefficient (Wildman–Crippen LogP) is 1.27. The first-order chi connectivity index (χ1) is 12.6. The van der Waals surface area contributed by atoms with E-state index in [1.807, 2.05) is 12.1 Å². The van der Waals surface area contributed by atoms with E-state index in [0.717, 1.165) is 38.2 Å². The first-order valence-electron chi connectivity index (χ1n) is 8.30. The zero-order valence-electron chi connectivity index (χ0n) is 14.3. The number of hydrogen-bond acceptors (Lipinski definition) is 6. The summed E-state index contributed by atoms with van der Waals surface area (Å²) in [5.74, 6) is -0.144. The molecule has 0 unspecified atom stereocenters. The largest absolute Gasteiger partial charge is 0.353 e. The van der Waals surface area contributed by atoms with Crippen LogP contribution in [0.3, 0.4) is 0 Å². The average Bonchev–Trinajstić information content (AvgIpc) is 3.05. The Kier molecular flexibility index (Phi) is 4.21. The van der Waals surface area contributed by atoms with E-state index in [-0.39, 0.29) is 11.4 Å². The number of carbonyl (C=O) groups is 1. The molecule has 8 nitrogen and oxygen atoms in total. The maximum Gasteiger partial charge on any atom is 0.276 e. The monoisotopic (exact) mass is 355 g/mol. The van der Waals surface area contributed by atoms with Gasteiger partial charge in [0.2, 0.25) is 0 Å². The lowest BCUT2D eigenvalue weighted by atomic mass is 10.3. The average molecular weight is 355 g/mol. The van der Waals surface area contributed by atoms with Gasteiger partial charge in [-0.2, -0.15) is 0 Å². The van der Waals surface area contributed by atoms with Crippen molar-refractivity contribution in [2.75, 3.05) is 43.4 Å². The molecule has 1 aliphatic rings. The van der Waals surface area contributed by atoms with Gasteiger partial charge in [0.05, 0.1) is 24.3 Å². The lowest BCUT2D eigenvalue weighted by Crippen LogP contribution is -2.45. The van der Waals surface area contributed by atoms with E-state index in [0.29, 0.717) is 5.65 Å². The Hall–Kier alpha value is -3.07. The number of piperazine rings is 1. The van der Waals surface area contributed by atoms with Crippen molar-refractivity contribution in [1.29, 1.82) is 0 Å². The Bertz CT molecular complexity index is 949. The minimum atomic E-state index is -0.517. The van der Waals surface area contributed by atoms with Crippen LogP contribution < -0.4 is 10.2 Å². The second-order valence-corrected chi connectivity index (χ2v) is 6.24. The van der Waals surface area contributed by atoms with E-state index in [9.17, 15) is 9.18 Å². The van der Waals surface area contributed by atoms with Crippen LogP contribution in [0.2, 0.25) is 0 Å². The van der Waals surface area contributed by atoms with Crippen LogP contribution in [0, 0.1) is 5.82 Å². The first-order valence-corrected chi connectivity index (χ1v) is 8.30. The van der Waals surface area contributed by atoms with Crippen molar-refractivity contribution in [2.24, 2.45) is 0 Å². The number of nitrogens with zero attached hydrogens (tertiary/aromatic N) is 6. The van der Waals surface area contributed by atoms with Gasteiger partial charge < -0.3 is 15.1 Å². The molecule has 3 aromatic rings. The zero-order valence-corrected chi connectivity index (χ0v) is 14.3. The number of rotatable bonds is 3. The van der Waals surface area contributed by atoms with Crippen LogP contribution in [0.1, 0.15) is 10.5 Å². The van der Waals surface area contributed by atoms with Gasteiger partial charge in [0.1, 0.15) is 11.6 Å². The van der Waals surface area contributed by atoms with Crippen LogP contribution in [-0.4, -0.2) is 63.6 Å². The quantitative estimate of drug-likeness (QED) is 0.762. The molecule has 134 valence electrons. The van der Waals surface area contributed by atoms with Crippen molar-refractivity contribution in [3.05, 3.63) is 48.3 Å². The summed E-state index contributed by atoms with van der Waals surface area (Å²) in [6.45, 7) is 3.67. The second-order valence-electron chi connectivity index (χ2n) is 6.24. The van der Waals surface area contributed by atoms with Crippen molar-refractivity contribution in [2.45, 2.75) is 0 Å². The maximum atomic E-state index is 13.2. The fraction of sp³-hybridized carbons (Fsp3) is 0.294. The molecule has 3 aromatic heterocycles. The molecule has 1 amide bonds. The molecule has 4 heterocycles. The summed E-state index contributed by atoms with van der Waals surface area (Å²) in [4.78, 5) is 24.9. The zero-order chi connectivity index (χ0) is 18.1. The number of carbonyl (C=O) groups excluding carboxylic acids is 1. The van der Waals surface area contributed by atoms with E-state index >= 15 is 0 Å². The number of likely N-dealkylation sites (N-methyl/N-ethyl adjacent to an activating group) is 1. The third kappa shape index (κ3) is 3.21. The standard InChI is InChI=1S/C17H18FN7O/c1-23-4-6-24(7-5-23)16-3-2-15-20-11-14(25(15)22-16)17(26)21-13-8-12(18)9-19-10-13/h2-3,8-11H,4-7H2,1H3,(H,21,26). The Morgan fingerprint density at radius 1 is 1.15 bits per heavy atom. The number of amides is 1. The molecule has 1 aliphatic heterocycles. The molecule has 0 bridgehead atoms. The molecular weight excluding hydrogens is 337 g/mol. The highest BCUT2D eigenvalue weighted by Crippen LogP contribution is 2.16. The molecule has 0 radical (unpaired) electrons. The van der Waals surface area contributed by atoms with Crippen molar-refractivity contribution in [3.8, 4) is 0 Å². The summed E-state index contributed by atoms with van der Waals surface area (Å²) in [5, 5.41) is 7.19. The molecular formula is C17H18FN7O. The molecule has 4 rings (SSSR count). The fourth-order valence-electron chi connectivity index (χ4n) is 2.90. The molecule has 1 fully saturated rings. The van der Waals surface area contributed by atoms with E-state index < -0.39 is 11.7 Å². The van der Waals surface area contributed by atoms with Gasteiger partial charge >= 0.3 is 0 Å². The summed E-state index contributed by atoms with van der Waals surface area (Å²) in [6, 6.07) is 4.95. The molecule has 26 heavy (non-hydrogen) atoms. The number of hydrogen-bond donors (Lipinski definition) is 1. The van der Waals surface area contributed by atoms with Gasteiger partial charge in [0.25, 0.3) is 5.91 Å². The molecule has 1 saturated heterocycles. The van der Waals surface area contributed by atoms with Gasteiger partial charge in [0, 0.05) is 32.2 Å². The minimum Gasteiger partial charge on any atom is -0.353 e. The van der Waals surface area contributed by atoms with Crippen LogP contribution in [-0.2, 0) is 0 Å². The van der Waals surface area contributed by atoms with Crippen molar-refractivity contribution < 1.29 is 9.18 Å². The summed E-state index contributed by atoms with van der Waals surface area (Å²) < 4.78 is 14.8. The van der Waals surface area contributed by atoms with Crippen LogP contribution in [0.15, 0.2) is 36.8 Å². The highest BCUT2D eigenvalue weighted by atomic mass is 19.1. The van der Waals surface area contributed by atoms with Crippen LogP contribution in [0.25, 0.3) is 5.65 Å². The molecule has 0 atom stereocenters. The molecule has 0 aromatic carbocycles. The smallest absolute Gasteiger partial charge is 0.276 e. The van der Waals surface area contributed by atoms with Crippen LogP contribution in [0.4, 0.5) is 15.9 Å². The van der Waals surface area contributed by atoms with E-state index in [1.54, 1.807) is 0 Å². The van der Waals surface area contributed by atoms with Gasteiger partial charge in [-0.3, -0.25) is 9.78 Å². The highest BCUT2D eigenvalue weighted by molar-refractivity contribution is 6.03. The molecule has 9 heteroatoms. The Morgan fingerprint density at radius 2 is 1.96 bits per heavy atom. The topological polar surface area (TPSA) is 78.7 Å². The number of imidazole rings is 1. The summed E-state index contributed by atoms with van der Waals surface area (Å²) in [7, 11) is 2.09. The van der Waals surface area contributed by atoms with E-state index in [2.05, 4.69) is 37.2 Å². The SMILES string of the molecule is CN1CCN(c2ccc3ncc(C(=O)Nc4cncc(F)c4)n3n2)CC1. The lowest BCUT2D eigenvalue weighted by molar-refractivity contribution is 0.102. The summed E-state index contributed by atoms with van der Waals surface area (Å²) >= 11 is 0. The fourth-order valence-corrected chi connectivity index (χ4v) is 2.90. The van der Waals surface area contributed by atoms with Crippen molar-refractivity contribution in [3.63, 3.8) is 0 Å². The van der Waals surface area contributed by atoms with Gasteiger partial charge in [-0.15, -0.1) is 5.10 Å². The van der Waals surface area contributed by atoms with E-state index in [4.69, 9.17) is 0 Å². The molecule has 0 saturated carbocycles. The number of fused-ring (bicyclic) bond motifs is 1. The minimum absolute atomic E-state index is 0.278. The number of anilines is 2. The Balaban J connectivity index is 1.61. The third-order valence-corrected chi connectivity index (χ3v) is 4.37. The normalized spacial score (nSPS) is 15.4. The summed E-state index contributed by atoms with van der Waals surface area (Å²) in [5.41, 5.74) is 1.13. The Labute approximate surface area is 149 Å². The highest BCUT2D eigenvalue weighted by Gasteiger charge is 2.18. The van der Waals surface area contributed by atoms with Crippen LogP contribution >= 0.6 is 0 Å². The Morgan fingerprint density at radius 3 is 2.73 bits per heavy atom. The number of aromatic nitrogens is 4. The van der Waals surface area contributed by atoms with Crippen molar-refractivity contribution in [1.82, 2.24) is 24.5 Å². The first kappa shape index (κ1) is 16.4. The second kappa shape index (κ2) is 6.68. The van der Waals surface area contributed by atoms with Gasteiger partial charge in [-0.1, -0.05) is 0 Å². The third-order valence-electron chi connectivity index (χ3n) is 4.37. The predicted molar refractivity (Wildman–Crippen MR) is 94.8 cm³/mol. The van der Waals surface area contributed by atoms with Crippen molar-refractivity contribution >= 4 is 23.1 Å². The molecule has 0 spiro atoms. The van der Waals surface area contributed by atoms with E-state index in [1.165, 1.54) is 23.0 Å². The van der Waals surface area contributed by atoms with Gasteiger partial charge in [0.15, 0.2) is 11.3 Å². The van der Waals surface area contributed by atoms with Crippen LogP contribution in [0.5, 0.6) is 0 Å². The lowest BCUT2D eigenvalue weighted by Gasteiger charge is -2.33. The summed E-state index contributed by atoms with van der Waals surface area (Å²) in [6.07, 6.45) is 3.92.